The third-order valence-corrected chi connectivity index (χ3v) is 25.6. The van der Waals surface area contributed by atoms with Crippen molar-refractivity contribution < 1.29 is 0 Å². The summed E-state index contributed by atoms with van der Waals surface area (Å²) in [4.78, 5) is 5.03. The molecule has 0 saturated heterocycles. The molecule has 0 fully saturated rings. The molecular weight excluding hydrogens is 1280 g/mol. The molecule has 18 aromatic carbocycles. The summed E-state index contributed by atoms with van der Waals surface area (Å²) in [6.45, 7) is 17.0. The fraction of sp³-hybridized carbons (Fsp3) is 0.115. The van der Waals surface area contributed by atoms with Crippen LogP contribution in [0.1, 0.15) is 98.5 Å². The van der Waals surface area contributed by atoms with Gasteiger partial charge in [0.25, 0.3) is 0 Å². The van der Waals surface area contributed by atoms with Gasteiger partial charge in [0.1, 0.15) is 0 Å². The van der Waals surface area contributed by atoms with Gasteiger partial charge in [-0.25, -0.2) is 0 Å². The molecule has 1 atom stereocenters. The minimum absolute atomic E-state index is 0.169. The molecule has 4 aliphatic rings. The van der Waals surface area contributed by atoms with Crippen molar-refractivity contribution in [2.75, 3.05) is 9.80 Å². The van der Waals surface area contributed by atoms with Gasteiger partial charge in [-0.3, -0.25) is 0 Å². The van der Waals surface area contributed by atoms with Crippen LogP contribution in [0.2, 0.25) is 0 Å². The number of rotatable bonds is 8. The zero-order chi connectivity index (χ0) is 70.9. The topological polar surface area (TPSA) is 6.48 Å². The van der Waals surface area contributed by atoms with Crippen LogP contribution < -0.4 is 9.80 Å². The van der Waals surface area contributed by atoms with E-state index in [0.29, 0.717) is 0 Å². The molecule has 0 aromatic heterocycles. The van der Waals surface area contributed by atoms with Gasteiger partial charge in [-0.2, -0.15) is 0 Å². The summed E-state index contributed by atoms with van der Waals surface area (Å²) in [6, 6.07) is 123. The Balaban J connectivity index is 0.681. The molecule has 502 valence electrons. The standard InChI is InChI=1S/C104H76N2/c1-101(2)89-48-39-63-21-11-15-27-78(63)96(89)86-55-68-36-45-76(52-71(68)58-93(86)101)105(75-44-35-67-54-85-84-47-38-66-24-14-18-30-81(66)99(84)103(5,6)92(85)57-70(67)51-75)74-42-33-62(34-43-74)61-104(7)91-50-41-65-23-12-16-28-79(65)97(91)87-56-69-37-46-77(53-72(69)59-94(87)104)106(73-25-9-8-10-26-73)95-60-88-98-80-29-17-13-22-64(80)40-49-90(98)102(3,4)100(88)83-32-20-19-31-82(83)95/h8-60H,61H2,1-7H3. The molecule has 0 radical (unpaired) electrons. The van der Waals surface area contributed by atoms with Gasteiger partial charge in [-0.15, -0.1) is 0 Å². The first-order chi connectivity index (χ1) is 51.7. The molecule has 0 bridgehead atoms. The Morgan fingerprint density at radius 3 is 1.19 bits per heavy atom. The second kappa shape index (κ2) is 21.9. The molecule has 4 aliphatic carbocycles. The molecule has 0 spiro atoms. The Morgan fingerprint density at radius 1 is 0.217 bits per heavy atom. The van der Waals surface area contributed by atoms with Gasteiger partial charge < -0.3 is 9.80 Å². The van der Waals surface area contributed by atoms with E-state index in [4.69, 9.17) is 0 Å². The third-order valence-electron chi connectivity index (χ3n) is 25.6. The second-order valence-electron chi connectivity index (χ2n) is 32.5. The van der Waals surface area contributed by atoms with E-state index >= 15 is 0 Å². The molecule has 1 unspecified atom stereocenters. The number of hydrogen-bond donors (Lipinski definition) is 0. The Hall–Kier alpha value is -12.4. The van der Waals surface area contributed by atoms with Crippen molar-refractivity contribution in [1.82, 2.24) is 0 Å². The first-order valence-electron chi connectivity index (χ1n) is 37.8. The molecule has 2 heteroatoms. The predicted octanol–water partition coefficient (Wildman–Crippen LogP) is 28.3. The average molecular weight is 1350 g/mol. The van der Waals surface area contributed by atoms with Crippen LogP contribution in [0.3, 0.4) is 0 Å². The minimum Gasteiger partial charge on any atom is -0.310 e. The summed E-state index contributed by atoms with van der Waals surface area (Å²) in [5, 5.41) is 20.3. The molecule has 106 heavy (non-hydrogen) atoms. The van der Waals surface area contributed by atoms with Crippen molar-refractivity contribution in [2.24, 2.45) is 0 Å². The third kappa shape index (κ3) is 8.56. The molecule has 22 rings (SSSR count). The van der Waals surface area contributed by atoms with E-state index in [2.05, 4.69) is 380 Å². The van der Waals surface area contributed by atoms with E-state index in [1.807, 2.05) is 0 Å². The largest absolute Gasteiger partial charge is 0.310 e. The van der Waals surface area contributed by atoms with Gasteiger partial charge >= 0.3 is 0 Å². The van der Waals surface area contributed by atoms with E-state index in [1.54, 1.807) is 0 Å². The Morgan fingerprint density at radius 2 is 0.604 bits per heavy atom. The number of nitrogens with zero attached hydrogens (tertiary/aromatic N) is 2. The smallest absolute Gasteiger partial charge is 0.0546 e. The monoisotopic (exact) mass is 1350 g/mol. The van der Waals surface area contributed by atoms with E-state index in [-0.39, 0.29) is 21.7 Å². The summed E-state index contributed by atoms with van der Waals surface area (Å²) in [7, 11) is 0. The molecule has 0 amide bonds. The zero-order valence-corrected chi connectivity index (χ0v) is 60.7. The highest BCUT2D eigenvalue weighted by atomic mass is 15.1. The molecule has 0 heterocycles. The minimum atomic E-state index is -0.380. The average Bonchev–Trinajstić information content (AvgIpc) is 1.57. The van der Waals surface area contributed by atoms with Crippen LogP contribution in [0.15, 0.2) is 322 Å². The molecule has 0 aliphatic heterocycles. The number of fused-ring (bicyclic) bond motifs is 25. The van der Waals surface area contributed by atoms with Crippen molar-refractivity contribution >= 4 is 120 Å². The highest BCUT2D eigenvalue weighted by Gasteiger charge is 2.44. The van der Waals surface area contributed by atoms with E-state index in [1.165, 1.54) is 186 Å². The van der Waals surface area contributed by atoms with Crippen molar-refractivity contribution in [3.05, 3.63) is 372 Å². The predicted molar refractivity (Wildman–Crippen MR) is 451 cm³/mol. The lowest BCUT2D eigenvalue weighted by molar-refractivity contribution is 0.584. The fourth-order valence-electron chi connectivity index (χ4n) is 20.5. The summed E-state index contributed by atoms with van der Waals surface area (Å²) in [5.74, 6) is 0. The maximum absolute atomic E-state index is 2.56. The van der Waals surface area contributed by atoms with Gasteiger partial charge in [0.05, 0.1) is 5.69 Å². The number of anilines is 6. The highest BCUT2D eigenvalue weighted by Crippen LogP contribution is 2.60. The maximum Gasteiger partial charge on any atom is 0.0546 e. The summed E-state index contributed by atoms with van der Waals surface area (Å²) in [6.07, 6.45) is 0.809. The molecule has 0 N–H and O–H groups in total. The van der Waals surface area contributed by atoms with Gasteiger partial charge in [0.2, 0.25) is 0 Å². The quantitative estimate of drug-likeness (QED) is 0.150. The normalized spacial score (nSPS) is 15.8. The fourth-order valence-corrected chi connectivity index (χ4v) is 20.5. The van der Waals surface area contributed by atoms with Gasteiger partial charge in [-0.05, 0) is 285 Å². The van der Waals surface area contributed by atoms with Crippen LogP contribution in [0, 0.1) is 0 Å². The van der Waals surface area contributed by atoms with Gasteiger partial charge in [0.15, 0.2) is 0 Å². The molecule has 0 saturated carbocycles. The van der Waals surface area contributed by atoms with Crippen molar-refractivity contribution in [2.45, 2.75) is 76.5 Å². The lowest BCUT2D eigenvalue weighted by Gasteiger charge is -2.30. The van der Waals surface area contributed by atoms with Gasteiger partial charge in [0, 0.05) is 55.5 Å². The summed E-state index contributed by atoms with van der Waals surface area (Å²) >= 11 is 0. The van der Waals surface area contributed by atoms with Crippen LogP contribution >= 0.6 is 0 Å². The lowest BCUT2D eigenvalue weighted by atomic mass is 9.74. The first kappa shape index (κ1) is 61.1. The van der Waals surface area contributed by atoms with Crippen LogP contribution in [0.4, 0.5) is 34.1 Å². The first-order valence-corrected chi connectivity index (χ1v) is 37.8. The number of hydrogen-bond acceptors (Lipinski definition) is 2. The molecule has 18 aromatic rings. The van der Waals surface area contributed by atoms with Crippen LogP contribution in [0.25, 0.3) is 131 Å². The van der Waals surface area contributed by atoms with E-state index < -0.39 is 0 Å². The number of benzene rings is 18. The van der Waals surface area contributed by atoms with Crippen LogP contribution in [0.5, 0.6) is 0 Å². The summed E-state index contributed by atoms with van der Waals surface area (Å²) in [5.41, 5.74) is 29.0. The van der Waals surface area contributed by atoms with Crippen LogP contribution in [-0.4, -0.2) is 0 Å². The zero-order valence-electron chi connectivity index (χ0n) is 60.7. The van der Waals surface area contributed by atoms with Crippen molar-refractivity contribution in [3.63, 3.8) is 0 Å². The Bertz CT molecular complexity index is 6910. The SMILES string of the molecule is CC1(C)c2cc3cc(N(c4ccc(CC5(C)c6cc7cc(N(c8ccccc8)c8cc9c(c%10ccccc8%10)C(C)(C)c8ccc%10ccccc%10c8-9)ccc7cc6-c6c5ccc5ccccc65)cc4)c4ccc5cc6c(cc5c4)C(C)(C)c4c-6ccc5ccccc45)ccc3cc2-c2c1ccc1ccccc21. The summed E-state index contributed by atoms with van der Waals surface area (Å²) < 4.78 is 0. The lowest BCUT2D eigenvalue weighted by Crippen LogP contribution is -2.24. The number of para-hydroxylation sites is 1. The van der Waals surface area contributed by atoms with Gasteiger partial charge in [-0.1, -0.05) is 267 Å². The van der Waals surface area contributed by atoms with Crippen molar-refractivity contribution in [1.29, 1.82) is 0 Å². The van der Waals surface area contributed by atoms with Crippen molar-refractivity contribution in [3.8, 4) is 44.5 Å². The highest BCUT2D eigenvalue weighted by molar-refractivity contribution is 6.14. The Kier molecular flexibility index (Phi) is 12.6. The second-order valence-corrected chi connectivity index (χ2v) is 32.5. The molecule has 2 nitrogen and oxygen atoms in total. The molecular formula is C104H76N2. The van der Waals surface area contributed by atoms with Crippen LogP contribution in [-0.2, 0) is 28.1 Å². The van der Waals surface area contributed by atoms with E-state index in [9.17, 15) is 0 Å². The van der Waals surface area contributed by atoms with E-state index in [0.717, 1.165) is 34.9 Å². The Labute approximate surface area is 618 Å². The maximum atomic E-state index is 2.56.